The Morgan fingerprint density at radius 2 is 1.63 bits per heavy atom. The van der Waals surface area contributed by atoms with E-state index in [9.17, 15) is 0 Å². The van der Waals surface area contributed by atoms with Gasteiger partial charge in [0.05, 0.1) is 7.11 Å². The van der Waals surface area contributed by atoms with Gasteiger partial charge in [0.25, 0.3) is 0 Å². The molecular weight excluding hydrogens is 256 g/mol. The molecule has 2 aromatic rings. The molecule has 0 heterocycles. The van der Waals surface area contributed by atoms with Gasteiger partial charge in [-0.1, -0.05) is 54.9 Å². The number of hydrogen-bond donors (Lipinski definition) is 0. The van der Waals surface area contributed by atoms with E-state index in [1.807, 2.05) is 36.4 Å². The molecule has 2 aromatic carbocycles. The molecule has 2 rings (SSSR count). The molecule has 0 aromatic heterocycles. The highest BCUT2D eigenvalue weighted by Crippen LogP contribution is 2.20. The molecule has 0 unspecified atom stereocenters. The molecule has 0 spiro atoms. The second-order valence-corrected chi connectivity index (χ2v) is 4.91. The van der Waals surface area contributed by atoms with Crippen LogP contribution < -0.4 is 4.74 Å². The summed E-state index contributed by atoms with van der Waals surface area (Å²) in [6.07, 6.45) is 4.31. The zero-order valence-corrected chi connectivity index (χ0v) is 11.9. The highest BCUT2D eigenvalue weighted by molar-refractivity contribution is 6.30. The topological polar surface area (TPSA) is 9.23 Å². The van der Waals surface area contributed by atoms with E-state index in [1.165, 1.54) is 11.1 Å². The van der Waals surface area contributed by atoms with Crippen molar-refractivity contribution in [2.75, 3.05) is 7.11 Å². The molecule has 0 fully saturated rings. The lowest BCUT2D eigenvalue weighted by Crippen LogP contribution is -1.88. The molecule has 0 saturated carbocycles. The largest absolute Gasteiger partial charge is 0.497 e. The standard InChI is InChI=1S/C17H17ClO/c1-13(15-7-9-16(18)10-8-15)3-4-14-5-11-17(19-2)12-6-14/h3-13H,1-2H3/b4-3+/t13-/m0/s1. The van der Waals surface area contributed by atoms with Gasteiger partial charge >= 0.3 is 0 Å². The Labute approximate surface area is 119 Å². The van der Waals surface area contributed by atoms with Gasteiger partial charge in [-0.15, -0.1) is 0 Å². The van der Waals surface area contributed by atoms with Crippen LogP contribution in [0.5, 0.6) is 5.75 Å². The molecule has 0 bridgehead atoms. The van der Waals surface area contributed by atoms with E-state index in [0.29, 0.717) is 5.92 Å². The molecule has 0 saturated heterocycles. The van der Waals surface area contributed by atoms with Crippen molar-refractivity contribution < 1.29 is 4.74 Å². The van der Waals surface area contributed by atoms with E-state index in [2.05, 4.69) is 31.2 Å². The highest BCUT2D eigenvalue weighted by Gasteiger charge is 2.00. The van der Waals surface area contributed by atoms with Crippen LogP contribution in [0.3, 0.4) is 0 Å². The van der Waals surface area contributed by atoms with Crippen molar-refractivity contribution >= 4 is 17.7 Å². The maximum absolute atomic E-state index is 5.89. The minimum atomic E-state index is 0.361. The zero-order valence-electron chi connectivity index (χ0n) is 11.1. The third-order valence-corrected chi connectivity index (χ3v) is 3.34. The first kappa shape index (κ1) is 13.7. The van der Waals surface area contributed by atoms with Crippen molar-refractivity contribution in [2.45, 2.75) is 12.8 Å². The van der Waals surface area contributed by atoms with Gasteiger partial charge in [0.1, 0.15) is 5.75 Å². The fraction of sp³-hybridized carbons (Fsp3) is 0.176. The Morgan fingerprint density at radius 1 is 1.00 bits per heavy atom. The van der Waals surface area contributed by atoms with Gasteiger partial charge in [-0.25, -0.2) is 0 Å². The summed E-state index contributed by atoms with van der Waals surface area (Å²) in [6.45, 7) is 2.17. The number of halogens is 1. The smallest absolute Gasteiger partial charge is 0.118 e. The van der Waals surface area contributed by atoms with Crippen LogP contribution in [0.15, 0.2) is 54.6 Å². The van der Waals surface area contributed by atoms with E-state index in [4.69, 9.17) is 16.3 Å². The third-order valence-electron chi connectivity index (χ3n) is 3.09. The number of methoxy groups -OCH3 is 1. The fourth-order valence-electron chi connectivity index (χ4n) is 1.85. The second-order valence-electron chi connectivity index (χ2n) is 4.47. The second kappa shape index (κ2) is 6.44. The highest BCUT2D eigenvalue weighted by atomic mass is 35.5. The summed E-state index contributed by atoms with van der Waals surface area (Å²) in [5, 5.41) is 0.773. The van der Waals surface area contributed by atoms with E-state index < -0.39 is 0 Å². The molecule has 0 N–H and O–H groups in total. The zero-order chi connectivity index (χ0) is 13.7. The quantitative estimate of drug-likeness (QED) is 0.746. The van der Waals surface area contributed by atoms with Gasteiger partial charge in [0.15, 0.2) is 0 Å². The number of rotatable bonds is 4. The SMILES string of the molecule is COc1ccc(/C=C/[C@H](C)c2ccc(Cl)cc2)cc1. The predicted molar refractivity (Wildman–Crippen MR) is 81.9 cm³/mol. The van der Waals surface area contributed by atoms with Gasteiger partial charge in [-0.2, -0.15) is 0 Å². The molecule has 19 heavy (non-hydrogen) atoms. The van der Waals surface area contributed by atoms with Crippen molar-refractivity contribution in [2.24, 2.45) is 0 Å². The van der Waals surface area contributed by atoms with Crippen LogP contribution in [0.2, 0.25) is 5.02 Å². The van der Waals surface area contributed by atoms with Gasteiger partial charge in [-0.3, -0.25) is 0 Å². The summed E-state index contributed by atoms with van der Waals surface area (Å²) >= 11 is 5.89. The van der Waals surface area contributed by atoms with Crippen LogP contribution in [-0.4, -0.2) is 7.11 Å². The minimum Gasteiger partial charge on any atom is -0.497 e. The maximum atomic E-state index is 5.89. The Balaban J connectivity index is 2.06. The summed E-state index contributed by atoms with van der Waals surface area (Å²) < 4.78 is 5.14. The van der Waals surface area contributed by atoms with Gasteiger partial charge in [0.2, 0.25) is 0 Å². The molecule has 0 aliphatic carbocycles. The molecule has 1 nitrogen and oxygen atoms in total. The van der Waals surface area contributed by atoms with Crippen molar-refractivity contribution in [1.29, 1.82) is 0 Å². The van der Waals surface area contributed by atoms with Crippen molar-refractivity contribution in [3.63, 3.8) is 0 Å². The molecular formula is C17H17ClO. The lowest BCUT2D eigenvalue weighted by molar-refractivity contribution is 0.415. The summed E-state index contributed by atoms with van der Waals surface area (Å²) in [4.78, 5) is 0. The molecule has 0 aliphatic heterocycles. The maximum Gasteiger partial charge on any atom is 0.118 e. The van der Waals surface area contributed by atoms with Gasteiger partial charge < -0.3 is 4.74 Å². The summed E-state index contributed by atoms with van der Waals surface area (Å²) in [6, 6.07) is 16.0. The monoisotopic (exact) mass is 272 g/mol. The van der Waals surface area contributed by atoms with Crippen LogP contribution >= 0.6 is 11.6 Å². The molecule has 0 radical (unpaired) electrons. The fourth-order valence-corrected chi connectivity index (χ4v) is 1.97. The Bertz CT molecular complexity index is 540. The number of allylic oxidation sites excluding steroid dienone is 1. The van der Waals surface area contributed by atoms with Crippen LogP contribution in [0.4, 0.5) is 0 Å². The summed E-state index contributed by atoms with van der Waals surface area (Å²) in [5.74, 6) is 1.24. The molecule has 0 amide bonds. The first-order chi connectivity index (χ1) is 9.19. The van der Waals surface area contributed by atoms with Crippen molar-refractivity contribution in [1.82, 2.24) is 0 Å². The lowest BCUT2D eigenvalue weighted by Gasteiger charge is -2.06. The predicted octanol–water partition coefficient (Wildman–Crippen LogP) is 5.17. The average molecular weight is 273 g/mol. The van der Waals surface area contributed by atoms with Gasteiger partial charge in [-0.05, 0) is 41.3 Å². The number of ether oxygens (including phenoxy) is 1. The Kier molecular flexibility index (Phi) is 4.64. The average Bonchev–Trinajstić information content (AvgIpc) is 2.46. The van der Waals surface area contributed by atoms with E-state index in [0.717, 1.165) is 10.8 Å². The molecule has 2 heteroatoms. The Hall–Kier alpha value is -1.73. The van der Waals surface area contributed by atoms with E-state index >= 15 is 0 Å². The first-order valence-corrected chi connectivity index (χ1v) is 6.64. The first-order valence-electron chi connectivity index (χ1n) is 6.27. The van der Waals surface area contributed by atoms with Crippen LogP contribution in [0.25, 0.3) is 6.08 Å². The van der Waals surface area contributed by atoms with Crippen LogP contribution in [0, 0.1) is 0 Å². The van der Waals surface area contributed by atoms with Crippen LogP contribution in [-0.2, 0) is 0 Å². The van der Waals surface area contributed by atoms with Crippen molar-refractivity contribution in [3.8, 4) is 5.75 Å². The lowest BCUT2D eigenvalue weighted by atomic mass is 10.00. The normalized spacial score (nSPS) is 12.6. The van der Waals surface area contributed by atoms with Crippen molar-refractivity contribution in [3.05, 3.63) is 70.8 Å². The minimum absolute atomic E-state index is 0.361. The molecule has 0 aliphatic rings. The van der Waals surface area contributed by atoms with Gasteiger partial charge in [0, 0.05) is 5.02 Å². The Morgan fingerprint density at radius 3 is 2.21 bits per heavy atom. The summed E-state index contributed by atoms with van der Waals surface area (Å²) in [5.41, 5.74) is 2.43. The van der Waals surface area contributed by atoms with E-state index in [-0.39, 0.29) is 0 Å². The third kappa shape index (κ3) is 3.87. The summed E-state index contributed by atoms with van der Waals surface area (Å²) in [7, 11) is 1.67. The number of benzene rings is 2. The van der Waals surface area contributed by atoms with E-state index in [1.54, 1.807) is 7.11 Å². The molecule has 98 valence electrons. The molecule has 1 atom stereocenters. The number of hydrogen-bond acceptors (Lipinski definition) is 1. The van der Waals surface area contributed by atoms with Crippen LogP contribution in [0.1, 0.15) is 24.0 Å².